The molecule has 0 saturated heterocycles. The highest BCUT2D eigenvalue weighted by atomic mass is 19.4. The van der Waals surface area contributed by atoms with Crippen molar-refractivity contribution in [3.63, 3.8) is 0 Å². The van der Waals surface area contributed by atoms with E-state index < -0.39 is 29.2 Å². The van der Waals surface area contributed by atoms with Gasteiger partial charge in [0.15, 0.2) is 0 Å². The summed E-state index contributed by atoms with van der Waals surface area (Å²) in [5.74, 6) is -2.20. The first-order valence-corrected chi connectivity index (χ1v) is 6.37. The fraction of sp³-hybridized carbons (Fsp3) is 0.133. The summed E-state index contributed by atoms with van der Waals surface area (Å²) in [5.41, 5.74) is -1.33. The van der Waals surface area contributed by atoms with Crippen LogP contribution in [0.1, 0.15) is 31.8 Å². The Morgan fingerprint density at radius 2 is 1.83 bits per heavy atom. The summed E-state index contributed by atoms with van der Waals surface area (Å²) in [6.45, 7) is 1.49. The van der Waals surface area contributed by atoms with E-state index in [-0.39, 0.29) is 11.4 Å². The number of halogens is 3. The van der Waals surface area contributed by atoms with Crippen LogP contribution in [-0.4, -0.2) is 22.0 Å². The van der Waals surface area contributed by atoms with Gasteiger partial charge in [0.05, 0.1) is 16.7 Å². The van der Waals surface area contributed by atoms with Crippen LogP contribution >= 0.6 is 0 Å². The largest absolute Gasteiger partial charge is 0.478 e. The van der Waals surface area contributed by atoms with Crippen molar-refractivity contribution < 1.29 is 27.9 Å². The quantitative estimate of drug-likeness (QED) is 0.907. The number of aromatic carboxylic acids is 1. The minimum Gasteiger partial charge on any atom is -0.478 e. The zero-order valence-corrected chi connectivity index (χ0v) is 11.8. The number of carboxylic acids is 1. The Bertz CT molecular complexity index is 773. The molecular weight excluding hydrogens is 313 g/mol. The Hall–Kier alpha value is -2.90. The molecule has 5 nitrogen and oxygen atoms in total. The minimum atomic E-state index is -4.66. The first kappa shape index (κ1) is 16.5. The summed E-state index contributed by atoms with van der Waals surface area (Å²) in [7, 11) is 0. The molecule has 8 heteroatoms. The van der Waals surface area contributed by atoms with Gasteiger partial charge in [-0.25, -0.2) is 9.78 Å². The van der Waals surface area contributed by atoms with Crippen molar-refractivity contribution >= 4 is 17.7 Å². The lowest BCUT2D eigenvalue weighted by Crippen LogP contribution is -2.19. The second kappa shape index (κ2) is 6.07. The summed E-state index contributed by atoms with van der Waals surface area (Å²) in [6, 6.07) is 5.63. The van der Waals surface area contributed by atoms with Crippen molar-refractivity contribution in [3.8, 4) is 0 Å². The molecule has 0 aliphatic rings. The van der Waals surface area contributed by atoms with Crippen molar-refractivity contribution in [3.05, 3.63) is 58.8 Å². The molecule has 2 N–H and O–H groups in total. The van der Waals surface area contributed by atoms with E-state index in [1.54, 1.807) is 0 Å². The highest BCUT2D eigenvalue weighted by Gasteiger charge is 2.34. The lowest BCUT2D eigenvalue weighted by Gasteiger charge is -2.12. The molecule has 0 bridgehead atoms. The Morgan fingerprint density at radius 1 is 1.17 bits per heavy atom. The minimum absolute atomic E-state index is 0.0329. The molecule has 0 unspecified atom stereocenters. The second-order valence-electron chi connectivity index (χ2n) is 4.69. The fourth-order valence-electron chi connectivity index (χ4n) is 1.96. The van der Waals surface area contributed by atoms with Crippen molar-refractivity contribution in [2.45, 2.75) is 13.1 Å². The number of carbonyl (C=O) groups excluding carboxylic acids is 1. The van der Waals surface area contributed by atoms with E-state index in [9.17, 15) is 22.8 Å². The molecule has 0 spiro atoms. The molecule has 1 heterocycles. The van der Waals surface area contributed by atoms with Gasteiger partial charge in [-0.15, -0.1) is 0 Å². The number of carbonyl (C=O) groups is 2. The van der Waals surface area contributed by atoms with Crippen LogP contribution < -0.4 is 5.32 Å². The molecule has 2 aromatic rings. The monoisotopic (exact) mass is 324 g/mol. The van der Waals surface area contributed by atoms with E-state index in [2.05, 4.69) is 10.3 Å². The lowest BCUT2D eigenvalue weighted by molar-refractivity contribution is -0.137. The molecular formula is C15H11F3N2O3. The highest BCUT2D eigenvalue weighted by molar-refractivity contribution is 6.05. The van der Waals surface area contributed by atoms with Crippen molar-refractivity contribution in [2.75, 3.05) is 5.32 Å². The SMILES string of the molecule is Cc1cc(NC(=O)c2ccccc2C(F)(F)F)ncc1C(=O)O. The van der Waals surface area contributed by atoms with E-state index in [1.807, 2.05) is 0 Å². The lowest BCUT2D eigenvalue weighted by atomic mass is 10.1. The van der Waals surface area contributed by atoms with E-state index >= 15 is 0 Å². The van der Waals surface area contributed by atoms with E-state index in [0.717, 1.165) is 18.3 Å². The van der Waals surface area contributed by atoms with Crippen molar-refractivity contribution in [1.29, 1.82) is 0 Å². The average molecular weight is 324 g/mol. The number of amides is 1. The zero-order valence-electron chi connectivity index (χ0n) is 11.8. The van der Waals surface area contributed by atoms with Gasteiger partial charge in [0.25, 0.3) is 5.91 Å². The smallest absolute Gasteiger partial charge is 0.417 e. The summed E-state index contributed by atoms with van der Waals surface area (Å²) < 4.78 is 38.7. The van der Waals surface area contributed by atoms with Gasteiger partial charge >= 0.3 is 12.1 Å². The normalized spacial score (nSPS) is 11.1. The number of hydrogen-bond acceptors (Lipinski definition) is 3. The molecule has 1 aromatic heterocycles. The van der Waals surface area contributed by atoms with Gasteiger partial charge < -0.3 is 10.4 Å². The Kier molecular flexibility index (Phi) is 4.35. The van der Waals surface area contributed by atoms with Gasteiger partial charge in [0, 0.05) is 6.20 Å². The number of nitrogens with zero attached hydrogens (tertiary/aromatic N) is 1. The highest BCUT2D eigenvalue weighted by Crippen LogP contribution is 2.32. The number of rotatable bonds is 3. The van der Waals surface area contributed by atoms with Crippen LogP contribution in [0, 0.1) is 6.92 Å². The number of carboxylic acid groups (broad SMARTS) is 1. The van der Waals surface area contributed by atoms with Crippen LogP contribution in [0.15, 0.2) is 36.5 Å². The van der Waals surface area contributed by atoms with Crippen LogP contribution in [0.3, 0.4) is 0 Å². The maximum Gasteiger partial charge on any atom is 0.417 e. The Morgan fingerprint density at radius 3 is 2.39 bits per heavy atom. The van der Waals surface area contributed by atoms with Crippen LogP contribution in [-0.2, 0) is 6.18 Å². The molecule has 0 fully saturated rings. The topological polar surface area (TPSA) is 79.3 Å². The molecule has 120 valence electrons. The second-order valence-corrected chi connectivity index (χ2v) is 4.69. The average Bonchev–Trinajstić information content (AvgIpc) is 2.46. The predicted octanol–water partition coefficient (Wildman–Crippen LogP) is 3.36. The third kappa shape index (κ3) is 3.65. The van der Waals surface area contributed by atoms with Crippen LogP contribution in [0.2, 0.25) is 0 Å². The van der Waals surface area contributed by atoms with Gasteiger partial charge in [-0.2, -0.15) is 13.2 Å². The summed E-state index contributed by atoms with van der Waals surface area (Å²) >= 11 is 0. The molecule has 0 radical (unpaired) electrons. The van der Waals surface area contributed by atoms with Crippen LogP contribution in [0.4, 0.5) is 19.0 Å². The maximum atomic E-state index is 12.9. The number of benzene rings is 1. The number of alkyl halides is 3. The molecule has 0 atom stereocenters. The number of pyridine rings is 1. The number of nitrogens with one attached hydrogen (secondary N) is 1. The summed E-state index contributed by atoms with van der Waals surface area (Å²) in [4.78, 5) is 26.6. The fourth-order valence-corrected chi connectivity index (χ4v) is 1.96. The van der Waals surface area contributed by atoms with E-state index in [1.165, 1.54) is 25.1 Å². The number of aromatic nitrogens is 1. The zero-order chi connectivity index (χ0) is 17.2. The first-order valence-electron chi connectivity index (χ1n) is 6.37. The molecule has 1 aromatic carbocycles. The Labute approximate surface area is 128 Å². The van der Waals surface area contributed by atoms with Gasteiger partial charge in [-0.1, -0.05) is 12.1 Å². The molecule has 23 heavy (non-hydrogen) atoms. The van der Waals surface area contributed by atoms with Gasteiger partial charge in [0.2, 0.25) is 0 Å². The van der Waals surface area contributed by atoms with E-state index in [0.29, 0.717) is 5.56 Å². The predicted molar refractivity (Wildman–Crippen MR) is 75.3 cm³/mol. The number of anilines is 1. The van der Waals surface area contributed by atoms with Crippen molar-refractivity contribution in [2.24, 2.45) is 0 Å². The standard InChI is InChI=1S/C15H11F3N2O3/c1-8-6-12(19-7-10(8)14(22)23)20-13(21)9-4-2-3-5-11(9)15(16,17)18/h2-7H,1H3,(H,22,23)(H,19,20,21). The van der Waals surface area contributed by atoms with Gasteiger partial charge in [0.1, 0.15) is 5.82 Å². The van der Waals surface area contributed by atoms with Crippen molar-refractivity contribution in [1.82, 2.24) is 4.98 Å². The molecule has 0 aliphatic heterocycles. The maximum absolute atomic E-state index is 12.9. The third-order valence-corrected chi connectivity index (χ3v) is 3.06. The van der Waals surface area contributed by atoms with E-state index in [4.69, 9.17) is 5.11 Å². The van der Waals surface area contributed by atoms with Crippen LogP contribution in [0.25, 0.3) is 0 Å². The molecule has 0 aliphatic carbocycles. The third-order valence-electron chi connectivity index (χ3n) is 3.06. The molecule has 0 saturated carbocycles. The van der Waals surface area contributed by atoms with Gasteiger partial charge in [-0.3, -0.25) is 4.79 Å². The first-order chi connectivity index (χ1) is 10.7. The summed E-state index contributed by atoms with van der Waals surface area (Å²) in [5, 5.41) is 11.1. The summed E-state index contributed by atoms with van der Waals surface area (Å²) in [6.07, 6.45) is -3.63. The van der Waals surface area contributed by atoms with Crippen LogP contribution in [0.5, 0.6) is 0 Å². The number of hydrogen-bond donors (Lipinski definition) is 2. The van der Waals surface area contributed by atoms with Gasteiger partial charge in [-0.05, 0) is 30.7 Å². The molecule has 2 rings (SSSR count). The number of aryl methyl sites for hydroxylation is 1. The Balaban J connectivity index is 2.30. The molecule has 1 amide bonds.